The van der Waals surface area contributed by atoms with Crippen LogP contribution in [0.1, 0.15) is 32.1 Å². The van der Waals surface area contributed by atoms with E-state index in [9.17, 15) is 22.8 Å². The number of fused-ring (bicyclic) bond motifs is 1. The van der Waals surface area contributed by atoms with Crippen LogP contribution < -0.4 is 14.4 Å². The summed E-state index contributed by atoms with van der Waals surface area (Å²) < 4.78 is 51.5. The van der Waals surface area contributed by atoms with Crippen molar-refractivity contribution < 1.29 is 32.2 Å². The minimum Gasteiger partial charge on any atom is -0.497 e. The van der Waals surface area contributed by atoms with Gasteiger partial charge in [-0.2, -0.15) is 18.3 Å². The molecule has 3 aromatic rings. The second-order valence-electron chi connectivity index (χ2n) is 9.41. The number of aromatic nitrogens is 2. The van der Waals surface area contributed by atoms with Crippen LogP contribution in [0.3, 0.4) is 0 Å². The standard InChI is InChI=1S/C27H28F3N5O4/c1-38-21-12-18(13-22(15-21)39-2)17-34-10-11-35-24(26(34)37)16-23(31-35)25(36)33-8-6-32(7-9-33)20-5-3-4-19(14-20)27(28,29)30/h3-5,12-16H,6-11,17H2,1-2H3. The van der Waals surface area contributed by atoms with Crippen molar-refractivity contribution in [2.24, 2.45) is 0 Å². The van der Waals surface area contributed by atoms with Crippen LogP contribution in [0, 0.1) is 0 Å². The molecule has 0 unspecified atom stereocenters. The summed E-state index contributed by atoms with van der Waals surface area (Å²) in [5.41, 5.74) is 1.13. The molecule has 2 aromatic carbocycles. The Hall–Kier alpha value is -4.22. The van der Waals surface area contributed by atoms with E-state index >= 15 is 0 Å². The van der Waals surface area contributed by atoms with Crippen LogP contribution in [0.25, 0.3) is 0 Å². The highest BCUT2D eigenvalue weighted by molar-refractivity contribution is 5.98. The Bertz CT molecular complexity index is 1360. The van der Waals surface area contributed by atoms with E-state index in [-0.39, 0.29) is 17.5 Å². The van der Waals surface area contributed by atoms with Crippen LogP contribution in [-0.2, 0) is 19.3 Å². The molecule has 2 aliphatic heterocycles. The topological polar surface area (TPSA) is 80.1 Å². The van der Waals surface area contributed by atoms with E-state index in [1.165, 1.54) is 12.1 Å². The number of carbonyl (C=O) groups is 2. The summed E-state index contributed by atoms with van der Waals surface area (Å²) in [6.07, 6.45) is -4.41. The van der Waals surface area contributed by atoms with Crippen LogP contribution in [0.15, 0.2) is 48.5 Å². The van der Waals surface area contributed by atoms with E-state index in [1.807, 2.05) is 17.0 Å². The zero-order chi connectivity index (χ0) is 27.7. The second-order valence-corrected chi connectivity index (χ2v) is 9.41. The SMILES string of the molecule is COc1cc(CN2CCn3nc(C(=O)N4CCN(c5cccc(C(F)(F)F)c5)CC4)cc3C2=O)cc(OC)c1. The molecule has 0 spiro atoms. The lowest BCUT2D eigenvalue weighted by molar-refractivity contribution is -0.137. The largest absolute Gasteiger partial charge is 0.497 e. The van der Waals surface area contributed by atoms with Crippen LogP contribution in [0.5, 0.6) is 11.5 Å². The van der Waals surface area contributed by atoms with Crippen molar-refractivity contribution in [1.29, 1.82) is 0 Å². The van der Waals surface area contributed by atoms with E-state index in [0.29, 0.717) is 68.7 Å². The molecule has 0 aliphatic carbocycles. The van der Waals surface area contributed by atoms with Crippen molar-refractivity contribution in [3.8, 4) is 11.5 Å². The van der Waals surface area contributed by atoms with E-state index in [4.69, 9.17) is 9.47 Å². The normalized spacial score (nSPS) is 15.8. The molecule has 3 heterocycles. The van der Waals surface area contributed by atoms with Gasteiger partial charge in [-0.3, -0.25) is 14.3 Å². The summed E-state index contributed by atoms with van der Waals surface area (Å²) >= 11 is 0. The Morgan fingerprint density at radius 3 is 2.26 bits per heavy atom. The molecule has 5 rings (SSSR count). The third-order valence-corrected chi connectivity index (χ3v) is 6.98. The quantitative estimate of drug-likeness (QED) is 0.473. The first-order chi connectivity index (χ1) is 18.7. The minimum absolute atomic E-state index is 0.177. The van der Waals surface area contributed by atoms with E-state index in [2.05, 4.69) is 5.10 Å². The molecule has 0 radical (unpaired) electrons. The summed E-state index contributed by atoms with van der Waals surface area (Å²) in [5.74, 6) is 0.709. The number of carbonyl (C=O) groups excluding carboxylic acids is 2. The Labute approximate surface area is 223 Å². The highest BCUT2D eigenvalue weighted by Gasteiger charge is 2.33. The summed E-state index contributed by atoms with van der Waals surface area (Å²) in [6, 6.07) is 12.1. The fourth-order valence-electron chi connectivity index (χ4n) is 4.88. The maximum absolute atomic E-state index is 13.2. The number of ether oxygens (including phenoxy) is 2. The Morgan fingerprint density at radius 1 is 0.923 bits per heavy atom. The van der Waals surface area contributed by atoms with Crippen LogP contribution in [0.4, 0.5) is 18.9 Å². The lowest BCUT2D eigenvalue weighted by atomic mass is 10.1. The number of anilines is 1. The molecule has 2 aliphatic rings. The number of piperazine rings is 1. The number of hydrogen-bond acceptors (Lipinski definition) is 6. The van der Waals surface area contributed by atoms with Gasteiger partial charge in [0.05, 0.1) is 26.3 Å². The molecular weight excluding hydrogens is 515 g/mol. The van der Waals surface area contributed by atoms with Gasteiger partial charge in [-0.1, -0.05) is 6.07 Å². The lowest BCUT2D eigenvalue weighted by Gasteiger charge is -2.36. The Morgan fingerprint density at radius 2 is 1.62 bits per heavy atom. The lowest BCUT2D eigenvalue weighted by Crippen LogP contribution is -2.49. The number of benzene rings is 2. The number of halogens is 3. The molecule has 1 saturated heterocycles. The summed E-state index contributed by atoms with van der Waals surface area (Å²) in [7, 11) is 3.12. The van der Waals surface area contributed by atoms with Crippen molar-refractivity contribution >= 4 is 17.5 Å². The molecule has 206 valence electrons. The molecule has 0 N–H and O–H groups in total. The van der Waals surface area contributed by atoms with E-state index in [1.54, 1.807) is 40.8 Å². The molecule has 9 nitrogen and oxygen atoms in total. The number of amides is 2. The smallest absolute Gasteiger partial charge is 0.416 e. The van der Waals surface area contributed by atoms with Gasteiger partial charge < -0.3 is 24.2 Å². The highest BCUT2D eigenvalue weighted by atomic mass is 19.4. The van der Waals surface area contributed by atoms with Gasteiger partial charge in [-0.15, -0.1) is 0 Å². The molecule has 2 amide bonds. The molecule has 1 fully saturated rings. The summed E-state index contributed by atoms with van der Waals surface area (Å²) in [4.78, 5) is 31.6. The minimum atomic E-state index is -4.41. The first-order valence-electron chi connectivity index (χ1n) is 12.5. The summed E-state index contributed by atoms with van der Waals surface area (Å²) in [6.45, 7) is 2.64. The zero-order valence-corrected chi connectivity index (χ0v) is 21.6. The molecule has 1 aromatic heterocycles. The number of methoxy groups -OCH3 is 2. The van der Waals surface area contributed by atoms with E-state index < -0.39 is 11.7 Å². The maximum Gasteiger partial charge on any atom is 0.416 e. The van der Waals surface area contributed by atoms with Gasteiger partial charge in [0.15, 0.2) is 5.69 Å². The number of nitrogens with zero attached hydrogens (tertiary/aromatic N) is 5. The average molecular weight is 544 g/mol. The highest BCUT2D eigenvalue weighted by Crippen LogP contribution is 2.32. The average Bonchev–Trinajstić information content (AvgIpc) is 3.39. The Balaban J connectivity index is 1.24. The molecule has 0 saturated carbocycles. The monoisotopic (exact) mass is 543 g/mol. The number of hydrogen-bond donors (Lipinski definition) is 0. The van der Waals surface area contributed by atoms with Crippen molar-refractivity contribution in [3.63, 3.8) is 0 Å². The van der Waals surface area contributed by atoms with Gasteiger partial charge in [0.25, 0.3) is 11.8 Å². The molecule has 39 heavy (non-hydrogen) atoms. The Kier molecular flexibility index (Phi) is 7.11. The predicted octanol–water partition coefficient (Wildman–Crippen LogP) is 3.54. The van der Waals surface area contributed by atoms with Gasteiger partial charge in [0.2, 0.25) is 0 Å². The van der Waals surface area contributed by atoms with Gasteiger partial charge >= 0.3 is 6.18 Å². The van der Waals surface area contributed by atoms with Crippen LogP contribution >= 0.6 is 0 Å². The van der Waals surface area contributed by atoms with E-state index in [0.717, 1.165) is 17.7 Å². The van der Waals surface area contributed by atoms with Crippen molar-refractivity contribution in [2.75, 3.05) is 51.8 Å². The molecule has 0 bridgehead atoms. The maximum atomic E-state index is 13.2. The predicted molar refractivity (Wildman–Crippen MR) is 136 cm³/mol. The molecular formula is C27H28F3N5O4. The number of alkyl halides is 3. The third-order valence-electron chi connectivity index (χ3n) is 6.98. The van der Waals surface area contributed by atoms with Gasteiger partial charge in [0, 0.05) is 57.1 Å². The van der Waals surface area contributed by atoms with Crippen LogP contribution in [0.2, 0.25) is 0 Å². The summed E-state index contributed by atoms with van der Waals surface area (Å²) in [5, 5.41) is 4.39. The van der Waals surface area contributed by atoms with Gasteiger partial charge in [-0.25, -0.2) is 0 Å². The van der Waals surface area contributed by atoms with Crippen molar-refractivity contribution in [1.82, 2.24) is 19.6 Å². The third kappa shape index (κ3) is 5.50. The zero-order valence-electron chi connectivity index (χ0n) is 21.6. The fourth-order valence-corrected chi connectivity index (χ4v) is 4.88. The molecule has 12 heteroatoms. The molecule has 0 atom stereocenters. The second kappa shape index (κ2) is 10.5. The first-order valence-corrected chi connectivity index (χ1v) is 12.5. The van der Waals surface area contributed by atoms with Crippen LogP contribution in [-0.4, -0.2) is 78.3 Å². The number of rotatable bonds is 6. The van der Waals surface area contributed by atoms with Crippen molar-refractivity contribution in [2.45, 2.75) is 19.3 Å². The first kappa shape index (κ1) is 26.4. The fraction of sp³-hybridized carbons (Fsp3) is 0.370. The van der Waals surface area contributed by atoms with Gasteiger partial charge in [0.1, 0.15) is 17.2 Å². The van der Waals surface area contributed by atoms with Gasteiger partial charge in [-0.05, 0) is 35.9 Å². The van der Waals surface area contributed by atoms with Crippen molar-refractivity contribution in [3.05, 3.63) is 71.0 Å².